The van der Waals surface area contributed by atoms with Crippen molar-refractivity contribution < 1.29 is 5.11 Å². The van der Waals surface area contributed by atoms with Crippen molar-refractivity contribution in [3.8, 4) is 17.0 Å². The molecule has 0 saturated carbocycles. The first-order valence-electron chi connectivity index (χ1n) is 5.52. The number of fused-ring (bicyclic) bond motifs is 1. The van der Waals surface area contributed by atoms with Crippen LogP contribution < -0.4 is 5.69 Å². The number of nitrogens with one attached hydrogen (secondary N) is 1. The molecule has 0 bridgehead atoms. The van der Waals surface area contributed by atoms with E-state index in [1.54, 1.807) is 18.2 Å². The van der Waals surface area contributed by atoms with Gasteiger partial charge in [-0.05, 0) is 18.2 Å². The molecule has 2 aromatic carbocycles. The summed E-state index contributed by atoms with van der Waals surface area (Å²) in [4.78, 5) is 18.2. The fourth-order valence-corrected chi connectivity index (χ4v) is 1.98. The van der Waals surface area contributed by atoms with E-state index in [1.807, 2.05) is 30.3 Å². The highest BCUT2D eigenvalue weighted by molar-refractivity contribution is 5.92. The van der Waals surface area contributed by atoms with Crippen LogP contribution in [0.25, 0.3) is 22.2 Å². The van der Waals surface area contributed by atoms with Gasteiger partial charge in [-0.1, -0.05) is 30.3 Å². The maximum atomic E-state index is 11.5. The number of hydrogen-bond acceptors (Lipinski definition) is 3. The number of H-pyrrole nitrogens is 1. The number of benzene rings is 2. The molecule has 4 nitrogen and oxygen atoms in total. The van der Waals surface area contributed by atoms with Crippen molar-refractivity contribution in [2.24, 2.45) is 0 Å². The van der Waals surface area contributed by atoms with Crippen LogP contribution in [-0.2, 0) is 0 Å². The molecule has 0 aliphatic rings. The topological polar surface area (TPSA) is 66.0 Å². The number of aromatic nitrogens is 2. The first-order chi connectivity index (χ1) is 8.74. The van der Waals surface area contributed by atoms with Crippen molar-refractivity contribution in [2.75, 3.05) is 0 Å². The number of phenolic OH excluding ortho intramolecular Hbond substituents is 1. The van der Waals surface area contributed by atoms with Gasteiger partial charge in [0.15, 0.2) is 0 Å². The average Bonchev–Trinajstić information content (AvgIpc) is 2.37. The molecule has 0 unspecified atom stereocenters. The van der Waals surface area contributed by atoms with Crippen molar-refractivity contribution in [1.82, 2.24) is 9.97 Å². The van der Waals surface area contributed by atoms with E-state index in [2.05, 4.69) is 9.97 Å². The van der Waals surface area contributed by atoms with Gasteiger partial charge in [0.2, 0.25) is 0 Å². The number of para-hydroxylation sites is 1. The quantitative estimate of drug-likeness (QED) is 0.683. The highest BCUT2D eigenvalue weighted by atomic mass is 16.3. The van der Waals surface area contributed by atoms with Crippen LogP contribution in [0.1, 0.15) is 0 Å². The Labute approximate surface area is 103 Å². The average molecular weight is 238 g/mol. The second kappa shape index (κ2) is 4.00. The van der Waals surface area contributed by atoms with Crippen LogP contribution >= 0.6 is 0 Å². The Bertz CT molecular complexity index is 778. The molecule has 0 spiro atoms. The minimum absolute atomic E-state index is 0.152. The Morgan fingerprint density at radius 3 is 2.72 bits per heavy atom. The van der Waals surface area contributed by atoms with E-state index in [9.17, 15) is 9.90 Å². The summed E-state index contributed by atoms with van der Waals surface area (Å²) in [5.74, 6) is 0.152. The van der Waals surface area contributed by atoms with Gasteiger partial charge in [0, 0.05) is 10.9 Å². The molecular formula is C14H10N2O2. The normalized spacial score (nSPS) is 10.7. The summed E-state index contributed by atoms with van der Waals surface area (Å²) >= 11 is 0. The summed E-state index contributed by atoms with van der Waals surface area (Å²) in [6.07, 6.45) is 0. The van der Waals surface area contributed by atoms with E-state index in [0.29, 0.717) is 5.69 Å². The predicted molar refractivity (Wildman–Crippen MR) is 69.5 cm³/mol. The van der Waals surface area contributed by atoms with Crippen LogP contribution in [0.5, 0.6) is 5.75 Å². The number of aromatic amines is 1. The van der Waals surface area contributed by atoms with Crippen molar-refractivity contribution >= 4 is 10.9 Å². The third-order valence-electron chi connectivity index (χ3n) is 2.76. The van der Waals surface area contributed by atoms with Gasteiger partial charge in [0.25, 0.3) is 0 Å². The minimum atomic E-state index is -0.396. The van der Waals surface area contributed by atoms with Gasteiger partial charge >= 0.3 is 5.69 Å². The third kappa shape index (κ3) is 1.73. The molecule has 0 fully saturated rings. The van der Waals surface area contributed by atoms with Gasteiger partial charge in [-0.3, -0.25) is 0 Å². The van der Waals surface area contributed by atoms with Crippen LogP contribution in [0.4, 0.5) is 0 Å². The summed E-state index contributed by atoms with van der Waals surface area (Å²) in [6.45, 7) is 0. The van der Waals surface area contributed by atoms with Gasteiger partial charge in [-0.15, -0.1) is 0 Å². The van der Waals surface area contributed by atoms with E-state index in [1.165, 1.54) is 0 Å². The number of hydrogen-bond donors (Lipinski definition) is 2. The maximum absolute atomic E-state index is 11.5. The monoisotopic (exact) mass is 238 g/mol. The lowest BCUT2D eigenvalue weighted by Gasteiger charge is -2.05. The number of nitrogens with zero attached hydrogens (tertiary/aromatic N) is 1. The van der Waals surface area contributed by atoms with E-state index in [0.717, 1.165) is 16.5 Å². The van der Waals surface area contributed by atoms with Gasteiger partial charge in [0.05, 0.1) is 11.2 Å². The Morgan fingerprint density at radius 1 is 1.06 bits per heavy atom. The molecule has 2 N–H and O–H groups in total. The molecule has 0 atom stereocenters. The highest BCUT2D eigenvalue weighted by Crippen LogP contribution is 2.26. The largest absolute Gasteiger partial charge is 0.508 e. The van der Waals surface area contributed by atoms with Crippen molar-refractivity contribution in [3.05, 3.63) is 59.0 Å². The van der Waals surface area contributed by atoms with E-state index in [4.69, 9.17) is 0 Å². The molecule has 3 aromatic rings. The molecule has 1 aromatic heterocycles. The minimum Gasteiger partial charge on any atom is -0.508 e. The molecule has 0 radical (unpaired) electrons. The molecule has 0 aliphatic heterocycles. The molecule has 18 heavy (non-hydrogen) atoms. The number of aromatic hydroxyl groups is 1. The molecule has 0 amide bonds. The predicted octanol–water partition coefficient (Wildman–Crippen LogP) is 2.30. The first kappa shape index (κ1) is 10.5. The molecular weight excluding hydrogens is 228 g/mol. The Balaban J connectivity index is 2.38. The third-order valence-corrected chi connectivity index (χ3v) is 2.76. The standard InChI is InChI=1S/C14H10N2O2/c17-10-5-3-4-9(8-10)13-11-6-1-2-7-12(11)15-14(18)16-13/h1-8,17H,(H,15,16,18). The smallest absolute Gasteiger partial charge is 0.345 e. The Morgan fingerprint density at radius 2 is 1.89 bits per heavy atom. The second-order valence-corrected chi connectivity index (χ2v) is 3.99. The van der Waals surface area contributed by atoms with Crippen molar-refractivity contribution in [2.45, 2.75) is 0 Å². The van der Waals surface area contributed by atoms with Gasteiger partial charge in [0.1, 0.15) is 5.75 Å². The zero-order valence-electron chi connectivity index (χ0n) is 9.42. The molecule has 4 heteroatoms. The molecule has 88 valence electrons. The zero-order chi connectivity index (χ0) is 12.5. The summed E-state index contributed by atoms with van der Waals surface area (Å²) in [5.41, 5.74) is 1.63. The number of phenols is 1. The summed E-state index contributed by atoms with van der Waals surface area (Å²) in [5, 5.41) is 10.4. The highest BCUT2D eigenvalue weighted by Gasteiger charge is 2.07. The van der Waals surface area contributed by atoms with E-state index < -0.39 is 5.69 Å². The fourth-order valence-electron chi connectivity index (χ4n) is 1.98. The van der Waals surface area contributed by atoms with Crippen LogP contribution in [0.3, 0.4) is 0 Å². The van der Waals surface area contributed by atoms with Crippen LogP contribution in [0.15, 0.2) is 53.3 Å². The van der Waals surface area contributed by atoms with E-state index >= 15 is 0 Å². The summed E-state index contributed by atoms with van der Waals surface area (Å²) in [6, 6.07) is 14.2. The van der Waals surface area contributed by atoms with Crippen LogP contribution in [0.2, 0.25) is 0 Å². The lowest BCUT2D eigenvalue weighted by atomic mass is 10.1. The molecule has 0 aliphatic carbocycles. The Hall–Kier alpha value is -2.62. The van der Waals surface area contributed by atoms with Crippen LogP contribution in [0, 0.1) is 0 Å². The fraction of sp³-hybridized carbons (Fsp3) is 0. The maximum Gasteiger partial charge on any atom is 0.345 e. The number of rotatable bonds is 1. The SMILES string of the molecule is O=c1nc(-c2cccc(O)c2)c2ccccc2[nH]1. The summed E-state index contributed by atoms with van der Waals surface area (Å²) in [7, 11) is 0. The van der Waals surface area contributed by atoms with E-state index in [-0.39, 0.29) is 5.75 Å². The Kier molecular flexibility index (Phi) is 2.34. The molecule has 3 rings (SSSR count). The van der Waals surface area contributed by atoms with Gasteiger partial charge in [-0.2, -0.15) is 4.98 Å². The second-order valence-electron chi connectivity index (χ2n) is 3.99. The first-order valence-corrected chi connectivity index (χ1v) is 5.52. The van der Waals surface area contributed by atoms with Crippen molar-refractivity contribution in [1.29, 1.82) is 0 Å². The van der Waals surface area contributed by atoms with Crippen molar-refractivity contribution in [3.63, 3.8) is 0 Å². The van der Waals surface area contributed by atoms with Gasteiger partial charge in [-0.25, -0.2) is 4.79 Å². The van der Waals surface area contributed by atoms with Gasteiger partial charge < -0.3 is 10.1 Å². The zero-order valence-corrected chi connectivity index (χ0v) is 9.42. The molecule has 0 saturated heterocycles. The summed E-state index contributed by atoms with van der Waals surface area (Å²) < 4.78 is 0. The lowest BCUT2D eigenvalue weighted by molar-refractivity contribution is 0.475. The van der Waals surface area contributed by atoms with Crippen LogP contribution in [-0.4, -0.2) is 15.1 Å². The molecule has 1 heterocycles. The lowest BCUT2D eigenvalue weighted by Crippen LogP contribution is -2.11.